The van der Waals surface area contributed by atoms with Gasteiger partial charge in [0.05, 0.1) is 13.0 Å². The molecule has 3 unspecified atom stereocenters. The summed E-state index contributed by atoms with van der Waals surface area (Å²) in [7, 11) is 0. The van der Waals surface area contributed by atoms with Crippen molar-refractivity contribution in [1.29, 1.82) is 0 Å². The number of hydrogen-bond donors (Lipinski definition) is 1. The Morgan fingerprint density at radius 2 is 1.85 bits per heavy atom. The average molecular weight is 284 g/mol. The molecule has 1 saturated heterocycles. The van der Waals surface area contributed by atoms with E-state index in [0.717, 1.165) is 13.1 Å². The zero-order chi connectivity index (χ0) is 15.3. The van der Waals surface area contributed by atoms with Gasteiger partial charge < -0.3 is 10.0 Å². The van der Waals surface area contributed by atoms with Crippen molar-refractivity contribution < 1.29 is 14.7 Å². The van der Waals surface area contributed by atoms with E-state index < -0.39 is 5.97 Å². The summed E-state index contributed by atoms with van der Waals surface area (Å²) in [6.07, 6.45) is 1.25. The topological polar surface area (TPSA) is 60.9 Å². The van der Waals surface area contributed by atoms with Crippen LogP contribution >= 0.6 is 0 Å². The number of piperidine rings is 1. The Labute approximate surface area is 121 Å². The molecule has 1 heterocycles. The largest absolute Gasteiger partial charge is 0.481 e. The zero-order valence-corrected chi connectivity index (χ0v) is 13.1. The third-order valence-corrected chi connectivity index (χ3v) is 4.06. The van der Waals surface area contributed by atoms with Gasteiger partial charge in [-0.25, -0.2) is 0 Å². The van der Waals surface area contributed by atoms with Gasteiger partial charge in [-0.3, -0.25) is 14.5 Å². The van der Waals surface area contributed by atoms with E-state index >= 15 is 0 Å². The molecule has 116 valence electrons. The number of hydrogen-bond acceptors (Lipinski definition) is 3. The number of carboxylic acid groups (broad SMARTS) is 1. The molecule has 20 heavy (non-hydrogen) atoms. The molecule has 0 bridgehead atoms. The first-order chi connectivity index (χ1) is 9.33. The molecule has 1 aliphatic heterocycles. The smallest absolute Gasteiger partial charge is 0.304 e. The lowest BCUT2D eigenvalue weighted by Gasteiger charge is -2.37. The number of likely N-dealkylation sites (N-methyl/N-ethyl adjacent to an activating group) is 1. The van der Waals surface area contributed by atoms with Crippen LogP contribution < -0.4 is 0 Å². The van der Waals surface area contributed by atoms with Gasteiger partial charge in [0, 0.05) is 19.1 Å². The summed E-state index contributed by atoms with van der Waals surface area (Å²) in [6.45, 7) is 10.9. The number of carbonyl (C=O) groups excluding carboxylic acids is 1. The Kier molecular flexibility index (Phi) is 6.46. The average Bonchev–Trinajstić information content (AvgIpc) is 2.33. The molecule has 1 amide bonds. The van der Waals surface area contributed by atoms with Crippen molar-refractivity contribution in [2.24, 2.45) is 11.8 Å². The molecule has 3 atom stereocenters. The molecule has 1 rings (SSSR count). The molecule has 1 aliphatic rings. The van der Waals surface area contributed by atoms with E-state index in [1.54, 1.807) is 0 Å². The van der Waals surface area contributed by atoms with Crippen LogP contribution in [0.3, 0.4) is 0 Å². The highest BCUT2D eigenvalue weighted by molar-refractivity contribution is 5.78. The minimum absolute atomic E-state index is 0.0773. The van der Waals surface area contributed by atoms with E-state index in [-0.39, 0.29) is 18.4 Å². The highest BCUT2D eigenvalue weighted by atomic mass is 16.4. The molecule has 0 spiro atoms. The Hall–Kier alpha value is -1.10. The van der Waals surface area contributed by atoms with E-state index in [1.807, 2.05) is 23.6 Å². The second-order valence-corrected chi connectivity index (χ2v) is 6.25. The summed E-state index contributed by atoms with van der Waals surface area (Å²) < 4.78 is 0. The van der Waals surface area contributed by atoms with Crippen molar-refractivity contribution in [3.8, 4) is 0 Å². The zero-order valence-electron chi connectivity index (χ0n) is 13.1. The summed E-state index contributed by atoms with van der Waals surface area (Å²) in [6, 6.07) is -0.110. The van der Waals surface area contributed by atoms with Crippen molar-refractivity contribution in [3.05, 3.63) is 0 Å². The van der Waals surface area contributed by atoms with Gasteiger partial charge in [0.25, 0.3) is 0 Å². The Morgan fingerprint density at radius 3 is 2.30 bits per heavy atom. The van der Waals surface area contributed by atoms with Gasteiger partial charge in [-0.15, -0.1) is 0 Å². The van der Waals surface area contributed by atoms with Crippen molar-refractivity contribution in [1.82, 2.24) is 9.80 Å². The molecule has 5 heteroatoms. The van der Waals surface area contributed by atoms with Crippen LogP contribution in [0.15, 0.2) is 0 Å². The lowest BCUT2D eigenvalue weighted by molar-refractivity contribution is -0.140. The number of carbonyl (C=O) groups is 2. The van der Waals surface area contributed by atoms with Gasteiger partial charge in [-0.2, -0.15) is 0 Å². The SMILES string of the molecule is CCN(CC(=O)N1CC(C)CC(C)C1)C(C)CC(=O)O. The summed E-state index contributed by atoms with van der Waals surface area (Å²) in [5, 5.41) is 8.86. The van der Waals surface area contributed by atoms with E-state index in [0.29, 0.717) is 24.9 Å². The summed E-state index contributed by atoms with van der Waals surface area (Å²) >= 11 is 0. The molecular formula is C15H28N2O3. The minimum Gasteiger partial charge on any atom is -0.481 e. The molecule has 0 aliphatic carbocycles. The van der Waals surface area contributed by atoms with Crippen LogP contribution in [0.4, 0.5) is 0 Å². The van der Waals surface area contributed by atoms with E-state index in [1.165, 1.54) is 6.42 Å². The maximum atomic E-state index is 12.4. The van der Waals surface area contributed by atoms with Crippen molar-refractivity contribution in [2.75, 3.05) is 26.2 Å². The second kappa shape index (κ2) is 7.62. The van der Waals surface area contributed by atoms with Crippen LogP contribution in [-0.2, 0) is 9.59 Å². The third-order valence-electron chi connectivity index (χ3n) is 4.06. The fourth-order valence-electron chi connectivity index (χ4n) is 3.10. The number of likely N-dealkylation sites (tertiary alicyclic amines) is 1. The first-order valence-electron chi connectivity index (χ1n) is 7.57. The number of carboxylic acids is 1. The van der Waals surface area contributed by atoms with Crippen molar-refractivity contribution in [2.45, 2.75) is 46.6 Å². The van der Waals surface area contributed by atoms with Gasteiger partial charge in [-0.1, -0.05) is 20.8 Å². The monoisotopic (exact) mass is 284 g/mol. The molecule has 0 aromatic carbocycles. The maximum Gasteiger partial charge on any atom is 0.304 e. The first kappa shape index (κ1) is 17.0. The second-order valence-electron chi connectivity index (χ2n) is 6.25. The Morgan fingerprint density at radius 1 is 1.30 bits per heavy atom. The fourth-order valence-corrected chi connectivity index (χ4v) is 3.10. The molecule has 1 N–H and O–H groups in total. The first-order valence-corrected chi connectivity index (χ1v) is 7.57. The lowest BCUT2D eigenvalue weighted by Crippen LogP contribution is -2.48. The molecule has 1 fully saturated rings. The van der Waals surface area contributed by atoms with E-state index in [9.17, 15) is 9.59 Å². The normalized spacial score (nSPS) is 24.8. The number of aliphatic carboxylic acids is 1. The third kappa shape index (κ3) is 5.12. The van der Waals surface area contributed by atoms with Gasteiger partial charge in [0.1, 0.15) is 0 Å². The number of nitrogens with zero attached hydrogens (tertiary/aromatic N) is 2. The number of rotatable bonds is 6. The predicted octanol–water partition coefficient (Wildman–Crippen LogP) is 1.68. The van der Waals surface area contributed by atoms with Gasteiger partial charge in [0.15, 0.2) is 0 Å². The van der Waals surface area contributed by atoms with Gasteiger partial charge >= 0.3 is 5.97 Å². The van der Waals surface area contributed by atoms with Crippen LogP contribution in [0.25, 0.3) is 0 Å². The quantitative estimate of drug-likeness (QED) is 0.806. The Balaban J connectivity index is 2.56. The van der Waals surface area contributed by atoms with Crippen LogP contribution in [0.1, 0.15) is 40.5 Å². The van der Waals surface area contributed by atoms with E-state index in [4.69, 9.17) is 5.11 Å². The standard InChI is InChI=1S/C15H28N2O3/c1-5-16(13(4)7-15(19)20)10-14(18)17-8-11(2)6-12(3)9-17/h11-13H,5-10H2,1-4H3,(H,19,20). The maximum absolute atomic E-state index is 12.4. The predicted molar refractivity (Wildman–Crippen MR) is 78.5 cm³/mol. The summed E-state index contributed by atoms with van der Waals surface area (Å²) in [5.74, 6) is 0.412. The highest BCUT2D eigenvalue weighted by Crippen LogP contribution is 2.21. The fraction of sp³-hybridized carbons (Fsp3) is 0.867. The number of amides is 1. The molecule has 0 radical (unpaired) electrons. The Bertz CT molecular complexity index is 336. The van der Waals surface area contributed by atoms with Gasteiger partial charge in [-0.05, 0) is 31.7 Å². The minimum atomic E-state index is -0.816. The van der Waals surface area contributed by atoms with Crippen molar-refractivity contribution >= 4 is 11.9 Å². The lowest BCUT2D eigenvalue weighted by atomic mass is 9.92. The molecule has 0 aromatic heterocycles. The van der Waals surface area contributed by atoms with Gasteiger partial charge in [0.2, 0.25) is 5.91 Å². The molecule has 5 nitrogen and oxygen atoms in total. The summed E-state index contributed by atoms with van der Waals surface area (Å²) in [5.41, 5.74) is 0. The summed E-state index contributed by atoms with van der Waals surface area (Å²) in [4.78, 5) is 27.1. The van der Waals surface area contributed by atoms with Crippen LogP contribution in [0.2, 0.25) is 0 Å². The van der Waals surface area contributed by atoms with Crippen LogP contribution in [0.5, 0.6) is 0 Å². The highest BCUT2D eigenvalue weighted by Gasteiger charge is 2.27. The van der Waals surface area contributed by atoms with E-state index in [2.05, 4.69) is 13.8 Å². The molecule has 0 aromatic rings. The molecular weight excluding hydrogens is 256 g/mol. The molecule has 0 saturated carbocycles. The van der Waals surface area contributed by atoms with Crippen molar-refractivity contribution in [3.63, 3.8) is 0 Å². The van der Waals surface area contributed by atoms with Crippen LogP contribution in [-0.4, -0.2) is 59.0 Å². The van der Waals surface area contributed by atoms with Crippen LogP contribution in [0, 0.1) is 11.8 Å².